The molecule has 0 fully saturated rings. The summed E-state index contributed by atoms with van der Waals surface area (Å²) in [5, 5.41) is 16.5. The molecule has 1 heterocycles. The van der Waals surface area contributed by atoms with Gasteiger partial charge >= 0.3 is 5.69 Å². The highest BCUT2D eigenvalue weighted by atomic mass is 79.9. The Morgan fingerprint density at radius 1 is 1.43 bits per heavy atom. The van der Waals surface area contributed by atoms with E-state index in [-0.39, 0.29) is 21.9 Å². The highest BCUT2D eigenvalue weighted by Gasteiger charge is 2.18. The van der Waals surface area contributed by atoms with Gasteiger partial charge in [-0.3, -0.25) is 10.1 Å². The number of aromatic nitrogens is 2. The average Bonchev–Trinajstić information content (AvgIpc) is 2.44. The van der Waals surface area contributed by atoms with Gasteiger partial charge in [0.1, 0.15) is 12.0 Å². The maximum absolute atomic E-state index is 13.4. The summed E-state index contributed by atoms with van der Waals surface area (Å²) in [5.74, 6) is -0.144. The number of nitrogens with zero attached hydrogens (tertiary/aromatic N) is 3. The number of halogens is 2. The molecule has 0 atom stereocenters. The zero-order valence-corrected chi connectivity index (χ0v) is 12.7. The Morgan fingerprint density at radius 3 is 2.76 bits per heavy atom. The first-order valence-electron chi connectivity index (χ1n) is 5.84. The van der Waals surface area contributed by atoms with Gasteiger partial charge in [-0.05, 0) is 40.5 Å². The molecule has 1 aromatic heterocycles. The van der Waals surface area contributed by atoms with Gasteiger partial charge < -0.3 is 10.6 Å². The van der Waals surface area contributed by atoms with Gasteiger partial charge in [0.05, 0.1) is 9.40 Å². The fraction of sp³-hybridized carbons (Fsp3) is 0.167. The summed E-state index contributed by atoms with van der Waals surface area (Å²) in [5.41, 5.74) is 0.829. The normalized spacial score (nSPS) is 10.3. The largest absolute Gasteiger partial charge is 0.357 e. The summed E-state index contributed by atoms with van der Waals surface area (Å²) < 4.78 is 13.7. The number of rotatable bonds is 4. The van der Waals surface area contributed by atoms with Crippen molar-refractivity contribution in [2.45, 2.75) is 6.92 Å². The van der Waals surface area contributed by atoms with E-state index in [1.165, 1.54) is 12.1 Å². The van der Waals surface area contributed by atoms with Crippen molar-refractivity contribution in [2.75, 3.05) is 17.7 Å². The number of nitro groups is 1. The average molecular weight is 356 g/mol. The summed E-state index contributed by atoms with van der Waals surface area (Å²) in [6.07, 6.45) is 1.11. The van der Waals surface area contributed by atoms with Crippen LogP contribution in [0.3, 0.4) is 0 Å². The molecule has 9 heteroatoms. The molecule has 0 aliphatic carbocycles. The molecule has 2 rings (SSSR count). The first-order valence-corrected chi connectivity index (χ1v) is 6.63. The second-order valence-corrected chi connectivity index (χ2v) is 5.00. The van der Waals surface area contributed by atoms with Gasteiger partial charge in [-0.1, -0.05) is 0 Å². The van der Waals surface area contributed by atoms with E-state index in [1.807, 2.05) is 0 Å². The Labute approximate surface area is 127 Å². The van der Waals surface area contributed by atoms with E-state index in [1.54, 1.807) is 14.0 Å². The predicted octanol–water partition coefficient (Wildman–Crippen LogP) is 3.38. The number of anilines is 3. The molecule has 0 unspecified atom stereocenters. The quantitative estimate of drug-likeness (QED) is 0.644. The van der Waals surface area contributed by atoms with Crippen LogP contribution in [0.15, 0.2) is 22.8 Å². The van der Waals surface area contributed by atoms with Crippen molar-refractivity contribution < 1.29 is 9.31 Å². The molecule has 7 nitrogen and oxygen atoms in total. The zero-order chi connectivity index (χ0) is 15.6. The maximum Gasteiger partial charge on any atom is 0.329 e. The van der Waals surface area contributed by atoms with Gasteiger partial charge in [0.15, 0.2) is 0 Å². The molecule has 0 saturated heterocycles. The number of benzene rings is 1. The summed E-state index contributed by atoms with van der Waals surface area (Å²) >= 11 is 3.08. The zero-order valence-electron chi connectivity index (χ0n) is 11.1. The molecule has 0 spiro atoms. The molecule has 0 saturated carbocycles. The molecule has 0 aliphatic rings. The van der Waals surface area contributed by atoms with E-state index in [0.717, 1.165) is 6.20 Å². The third kappa shape index (κ3) is 3.24. The number of hydrogen-bond donors (Lipinski definition) is 2. The third-order valence-electron chi connectivity index (χ3n) is 2.71. The molecule has 110 valence electrons. The lowest BCUT2D eigenvalue weighted by atomic mass is 10.2. The van der Waals surface area contributed by atoms with Crippen LogP contribution in [0.4, 0.5) is 27.5 Å². The second kappa shape index (κ2) is 6.00. The van der Waals surface area contributed by atoms with Crippen LogP contribution in [0, 0.1) is 22.9 Å². The van der Waals surface area contributed by atoms with Gasteiger partial charge in [-0.25, -0.2) is 9.37 Å². The summed E-state index contributed by atoms with van der Waals surface area (Å²) in [6.45, 7) is 1.68. The van der Waals surface area contributed by atoms with E-state index in [9.17, 15) is 14.5 Å². The Morgan fingerprint density at radius 2 is 2.14 bits per heavy atom. The topological polar surface area (TPSA) is 93.0 Å². The lowest BCUT2D eigenvalue weighted by Crippen LogP contribution is -2.05. The first-order chi connectivity index (χ1) is 9.92. The Bertz CT molecular complexity index is 710. The van der Waals surface area contributed by atoms with Gasteiger partial charge in [0.2, 0.25) is 11.8 Å². The summed E-state index contributed by atoms with van der Waals surface area (Å²) in [6, 6.07) is 2.81. The van der Waals surface area contributed by atoms with Gasteiger partial charge in [0, 0.05) is 12.7 Å². The highest BCUT2D eigenvalue weighted by molar-refractivity contribution is 9.10. The van der Waals surface area contributed by atoms with Crippen molar-refractivity contribution >= 4 is 39.1 Å². The van der Waals surface area contributed by atoms with Crippen molar-refractivity contribution in [3.63, 3.8) is 0 Å². The SMILES string of the molecule is CNc1ncc([N+](=O)[O-])c(Nc2cc(Br)c(F)cc2C)n1. The predicted molar refractivity (Wildman–Crippen MR) is 80.4 cm³/mol. The first kappa shape index (κ1) is 15.1. The monoisotopic (exact) mass is 355 g/mol. The van der Waals surface area contributed by atoms with Crippen molar-refractivity contribution in [3.8, 4) is 0 Å². The Balaban J connectivity index is 2.47. The van der Waals surface area contributed by atoms with E-state index in [2.05, 4.69) is 36.5 Å². The van der Waals surface area contributed by atoms with Crippen LogP contribution in [-0.4, -0.2) is 21.9 Å². The Kier molecular flexibility index (Phi) is 4.32. The van der Waals surface area contributed by atoms with Crippen LogP contribution in [0.25, 0.3) is 0 Å². The van der Waals surface area contributed by atoms with Crippen molar-refractivity contribution in [3.05, 3.63) is 44.3 Å². The van der Waals surface area contributed by atoms with Crippen LogP contribution < -0.4 is 10.6 Å². The third-order valence-corrected chi connectivity index (χ3v) is 3.32. The lowest BCUT2D eigenvalue weighted by molar-refractivity contribution is -0.384. The molecule has 0 radical (unpaired) electrons. The van der Waals surface area contributed by atoms with E-state index in [4.69, 9.17) is 0 Å². The number of nitrogens with one attached hydrogen (secondary N) is 2. The van der Waals surface area contributed by atoms with E-state index in [0.29, 0.717) is 11.3 Å². The van der Waals surface area contributed by atoms with Gasteiger partial charge in [-0.2, -0.15) is 4.98 Å². The minimum Gasteiger partial charge on any atom is -0.357 e. The minimum atomic E-state index is -0.588. The van der Waals surface area contributed by atoms with Gasteiger partial charge in [-0.15, -0.1) is 0 Å². The number of hydrogen-bond acceptors (Lipinski definition) is 6. The smallest absolute Gasteiger partial charge is 0.329 e. The standard InChI is InChI=1S/C12H11BrFN5O2/c1-6-3-8(14)7(13)4-9(6)17-11-10(19(20)21)5-16-12(15-2)18-11/h3-5H,1-2H3,(H2,15,16,17,18). The van der Waals surface area contributed by atoms with Crippen molar-refractivity contribution in [1.29, 1.82) is 0 Å². The molecular formula is C12H11BrFN5O2. The van der Waals surface area contributed by atoms with E-state index < -0.39 is 10.7 Å². The molecule has 0 amide bonds. The van der Waals surface area contributed by atoms with Crippen LogP contribution in [0.1, 0.15) is 5.56 Å². The van der Waals surface area contributed by atoms with Gasteiger partial charge in [0.25, 0.3) is 0 Å². The molecular weight excluding hydrogens is 345 g/mol. The minimum absolute atomic E-state index is 0.0287. The molecule has 2 N–H and O–H groups in total. The van der Waals surface area contributed by atoms with Crippen LogP contribution in [0.5, 0.6) is 0 Å². The molecule has 0 aliphatic heterocycles. The fourth-order valence-electron chi connectivity index (χ4n) is 1.63. The fourth-order valence-corrected chi connectivity index (χ4v) is 1.97. The molecule has 1 aromatic carbocycles. The molecule has 0 bridgehead atoms. The summed E-state index contributed by atoms with van der Waals surface area (Å²) in [4.78, 5) is 18.2. The van der Waals surface area contributed by atoms with E-state index >= 15 is 0 Å². The van der Waals surface area contributed by atoms with Crippen LogP contribution in [-0.2, 0) is 0 Å². The van der Waals surface area contributed by atoms with Crippen LogP contribution in [0.2, 0.25) is 0 Å². The number of aryl methyl sites for hydroxylation is 1. The van der Waals surface area contributed by atoms with Crippen molar-refractivity contribution in [1.82, 2.24) is 9.97 Å². The maximum atomic E-state index is 13.4. The highest BCUT2D eigenvalue weighted by Crippen LogP contribution is 2.30. The summed E-state index contributed by atoms with van der Waals surface area (Å²) in [7, 11) is 1.60. The van der Waals surface area contributed by atoms with Crippen molar-refractivity contribution in [2.24, 2.45) is 0 Å². The molecule has 21 heavy (non-hydrogen) atoms. The Hall–Kier alpha value is -2.29. The van der Waals surface area contributed by atoms with Crippen LogP contribution >= 0.6 is 15.9 Å². The lowest BCUT2D eigenvalue weighted by Gasteiger charge is -2.11. The molecule has 2 aromatic rings. The second-order valence-electron chi connectivity index (χ2n) is 4.14.